The standard InChI is InChI=1S/C71H116NO8P/c1-6-8-10-12-14-16-18-20-22-24-25-26-27-28-29-30-31-32-33-34-35-36-37-38-39-40-41-42-43-44-45-46-47-48-50-52-54-56-58-60-62-64-71(74)80-69(68-79-81(75,76)78-66-65-72(3,4)5)67-77-70(73)63-61-59-57-55-53-51-49-23-21-19-17-15-13-11-9-7-2/h8,10,14,16-17,19-20,22-23,25-26,28-29,31-32,34-35,37-38,40-41,43-44,46-47,49,69H,6-7,9,11-13,15,18,21,24,27,30,33,36,39,42,45,48,50-68H2,1-5H3/b10-8-,16-14-,19-17-,22-20-,26-25-,29-28-,32-31-,35-34-,38-37-,41-40-,44-43-,47-46-,49-23-. The topological polar surface area (TPSA) is 111 Å². The molecule has 0 aliphatic rings. The predicted octanol–water partition coefficient (Wildman–Crippen LogP) is 19.8. The summed E-state index contributed by atoms with van der Waals surface area (Å²) in [6.07, 6.45) is 90.2. The largest absolute Gasteiger partial charge is 0.756 e. The van der Waals surface area contributed by atoms with E-state index < -0.39 is 32.5 Å². The molecule has 0 aromatic rings. The first-order valence-electron chi connectivity index (χ1n) is 31.7. The van der Waals surface area contributed by atoms with Crippen molar-refractivity contribution in [2.24, 2.45) is 0 Å². The fraction of sp³-hybridized carbons (Fsp3) is 0.606. The van der Waals surface area contributed by atoms with Gasteiger partial charge in [-0.2, -0.15) is 0 Å². The van der Waals surface area contributed by atoms with Crippen LogP contribution in [0.3, 0.4) is 0 Å². The molecule has 0 saturated carbocycles. The minimum atomic E-state index is -4.65. The van der Waals surface area contributed by atoms with Gasteiger partial charge in [-0.25, -0.2) is 0 Å². The Kier molecular flexibility index (Phi) is 57.0. The molecule has 0 aliphatic heterocycles. The van der Waals surface area contributed by atoms with Gasteiger partial charge in [0.25, 0.3) is 7.82 Å². The van der Waals surface area contributed by atoms with Crippen LogP contribution >= 0.6 is 7.82 Å². The number of ether oxygens (including phenoxy) is 2. The molecule has 0 fully saturated rings. The van der Waals surface area contributed by atoms with Gasteiger partial charge in [-0.05, 0) is 128 Å². The second-order valence-corrected chi connectivity index (χ2v) is 23.1. The van der Waals surface area contributed by atoms with Gasteiger partial charge in [0, 0.05) is 12.8 Å². The number of quaternary nitrogens is 1. The molecule has 2 atom stereocenters. The number of phosphoric acid groups is 1. The molecule has 0 rings (SSSR count). The molecule has 458 valence electrons. The van der Waals surface area contributed by atoms with Crippen molar-refractivity contribution < 1.29 is 42.1 Å². The zero-order valence-electron chi connectivity index (χ0n) is 51.9. The van der Waals surface area contributed by atoms with Crippen LogP contribution in [-0.2, 0) is 32.7 Å². The highest BCUT2D eigenvalue weighted by atomic mass is 31.2. The minimum absolute atomic E-state index is 0.0435. The van der Waals surface area contributed by atoms with Crippen LogP contribution in [0.5, 0.6) is 0 Å². The molecular weight excluding hydrogens is 1030 g/mol. The number of carbonyl (C=O) groups is 2. The first-order chi connectivity index (χ1) is 39.5. The van der Waals surface area contributed by atoms with Crippen LogP contribution in [0.1, 0.15) is 226 Å². The Morgan fingerprint density at radius 3 is 1.05 bits per heavy atom. The first kappa shape index (κ1) is 76.6. The molecule has 0 bridgehead atoms. The van der Waals surface area contributed by atoms with Crippen LogP contribution in [-0.4, -0.2) is 70.0 Å². The number of unbranched alkanes of at least 4 members (excludes halogenated alkanes) is 16. The molecule has 10 heteroatoms. The zero-order valence-corrected chi connectivity index (χ0v) is 52.8. The highest BCUT2D eigenvalue weighted by molar-refractivity contribution is 7.45. The number of rotatable bonds is 56. The van der Waals surface area contributed by atoms with Gasteiger partial charge < -0.3 is 27.9 Å². The molecule has 0 aromatic heterocycles. The Hall–Kier alpha value is -4.37. The monoisotopic (exact) mass is 1140 g/mol. The van der Waals surface area contributed by atoms with E-state index in [0.29, 0.717) is 23.9 Å². The summed E-state index contributed by atoms with van der Waals surface area (Å²) in [5.74, 6) is -0.873. The number of esters is 2. The number of carbonyl (C=O) groups excluding carboxylic acids is 2. The highest BCUT2D eigenvalue weighted by Gasteiger charge is 2.22. The summed E-state index contributed by atoms with van der Waals surface area (Å²) >= 11 is 0. The van der Waals surface area contributed by atoms with Gasteiger partial charge in [0.1, 0.15) is 19.8 Å². The Bertz CT molecular complexity index is 1920. The second-order valence-electron chi connectivity index (χ2n) is 21.7. The third kappa shape index (κ3) is 64.7. The van der Waals surface area contributed by atoms with Gasteiger partial charge in [0.2, 0.25) is 0 Å². The van der Waals surface area contributed by atoms with Crippen molar-refractivity contribution in [1.82, 2.24) is 0 Å². The summed E-state index contributed by atoms with van der Waals surface area (Å²) in [6, 6.07) is 0. The van der Waals surface area contributed by atoms with Crippen molar-refractivity contribution in [2.75, 3.05) is 47.5 Å². The highest BCUT2D eigenvalue weighted by Crippen LogP contribution is 2.38. The quantitative estimate of drug-likeness (QED) is 0.0195. The van der Waals surface area contributed by atoms with Crippen molar-refractivity contribution in [3.63, 3.8) is 0 Å². The second kappa shape index (κ2) is 60.2. The van der Waals surface area contributed by atoms with Gasteiger partial charge >= 0.3 is 11.9 Å². The Labute approximate surface area is 496 Å². The molecule has 2 unspecified atom stereocenters. The van der Waals surface area contributed by atoms with Crippen LogP contribution in [0, 0.1) is 0 Å². The third-order valence-corrected chi connectivity index (χ3v) is 13.7. The van der Waals surface area contributed by atoms with E-state index >= 15 is 0 Å². The van der Waals surface area contributed by atoms with Gasteiger partial charge in [-0.15, -0.1) is 0 Å². The van der Waals surface area contributed by atoms with E-state index in [2.05, 4.69) is 172 Å². The molecular formula is C71H116NO8P. The molecule has 9 nitrogen and oxygen atoms in total. The third-order valence-electron chi connectivity index (χ3n) is 12.8. The predicted molar refractivity (Wildman–Crippen MR) is 346 cm³/mol. The maximum atomic E-state index is 12.8. The zero-order chi connectivity index (χ0) is 59.1. The Morgan fingerprint density at radius 1 is 0.395 bits per heavy atom. The van der Waals surface area contributed by atoms with E-state index in [-0.39, 0.29) is 26.1 Å². The normalized spacial score (nSPS) is 14.3. The maximum absolute atomic E-state index is 12.8. The van der Waals surface area contributed by atoms with Gasteiger partial charge in [0.05, 0.1) is 27.7 Å². The molecule has 0 N–H and O–H groups in total. The Balaban J connectivity index is 4.15. The van der Waals surface area contributed by atoms with E-state index in [1.54, 1.807) is 0 Å². The summed E-state index contributed by atoms with van der Waals surface area (Å²) in [6.45, 7) is 4.05. The van der Waals surface area contributed by atoms with Crippen LogP contribution in [0.2, 0.25) is 0 Å². The van der Waals surface area contributed by atoms with Crippen molar-refractivity contribution in [1.29, 1.82) is 0 Å². The lowest BCUT2D eigenvalue weighted by molar-refractivity contribution is -0.870. The van der Waals surface area contributed by atoms with Crippen LogP contribution in [0.15, 0.2) is 158 Å². The molecule has 0 radical (unpaired) electrons. The number of allylic oxidation sites excluding steroid dienone is 26. The average molecular weight is 1140 g/mol. The van der Waals surface area contributed by atoms with Gasteiger partial charge in [-0.1, -0.05) is 242 Å². The van der Waals surface area contributed by atoms with Crippen molar-refractivity contribution >= 4 is 19.8 Å². The lowest BCUT2D eigenvalue weighted by Crippen LogP contribution is -2.37. The van der Waals surface area contributed by atoms with Gasteiger partial charge in [0.15, 0.2) is 6.10 Å². The fourth-order valence-electron chi connectivity index (χ4n) is 7.92. The lowest BCUT2D eigenvalue weighted by Gasteiger charge is -2.28. The molecule has 0 spiro atoms. The van der Waals surface area contributed by atoms with Crippen LogP contribution in [0.25, 0.3) is 0 Å². The van der Waals surface area contributed by atoms with Crippen molar-refractivity contribution in [3.8, 4) is 0 Å². The smallest absolute Gasteiger partial charge is 0.306 e. The molecule has 0 saturated heterocycles. The number of phosphoric ester groups is 1. The molecule has 81 heavy (non-hydrogen) atoms. The number of likely N-dealkylation sites (N-methyl/N-ethyl adjacent to an activating group) is 1. The van der Waals surface area contributed by atoms with Crippen LogP contribution in [0.4, 0.5) is 0 Å². The summed E-state index contributed by atoms with van der Waals surface area (Å²) in [4.78, 5) is 37.9. The molecule has 0 aliphatic carbocycles. The van der Waals surface area contributed by atoms with E-state index in [9.17, 15) is 19.0 Å². The molecule has 0 amide bonds. The number of nitrogens with zero attached hydrogens (tertiary/aromatic N) is 1. The first-order valence-corrected chi connectivity index (χ1v) is 33.2. The summed E-state index contributed by atoms with van der Waals surface area (Å²) < 4.78 is 34.1. The summed E-state index contributed by atoms with van der Waals surface area (Å²) in [5, 5.41) is 0. The molecule has 0 aromatic carbocycles. The molecule has 0 heterocycles. The summed E-state index contributed by atoms with van der Waals surface area (Å²) in [7, 11) is 1.13. The van der Waals surface area contributed by atoms with E-state index in [1.807, 2.05) is 21.1 Å². The number of hydrogen-bond acceptors (Lipinski definition) is 8. The average Bonchev–Trinajstić information content (AvgIpc) is 3.43. The van der Waals surface area contributed by atoms with E-state index in [4.69, 9.17) is 18.5 Å². The fourth-order valence-corrected chi connectivity index (χ4v) is 8.65. The summed E-state index contributed by atoms with van der Waals surface area (Å²) in [5.41, 5.74) is 0. The Morgan fingerprint density at radius 2 is 0.704 bits per heavy atom. The minimum Gasteiger partial charge on any atom is -0.756 e. The number of hydrogen-bond donors (Lipinski definition) is 0. The van der Waals surface area contributed by atoms with E-state index in [0.717, 1.165) is 141 Å². The van der Waals surface area contributed by atoms with Crippen molar-refractivity contribution in [3.05, 3.63) is 158 Å². The lowest BCUT2D eigenvalue weighted by atomic mass is 10.1. The van der Waals surface area contributed by atoms with Crippen molar-refractivity contribution in [2.45, 2.75) is 232 Å². The maximum Gasteiger partial charge on any atom is 0.306 e. The SMILES string of the molecule is CC/C=C\C/C=C\C/C=C\C/C=C\C/C=C\C/C=C\C/C=C\C/C=C\C/C=C\C/C=C\C/C=C\CCCCCCCCCC(=O)OC(COC(=O)CCCCCCC/C=C\C/C=C\CCCCCC)COP(=O)([O-])OCC[N+](C)(C)C. The van der Waals surface area contributed by atoms with Crippen LogP contribution < -0.4 is 4.89 Å². The van der Waals surface area contributed by atoms with Gasteiger partial charge in [-0.3, -0.25) is 14.2 Å². The van der Waals surface area contributed by atoms with E-state index in [1.165, 1.54) is 44.9 Å².